The van der Waals surface area contributed by atoms with Gasteiger partial charge in [-0.1, -0.05) is 0 Å². The van der Waals surface area contributed by atoms with E-state index < -0.39 is 0 Å². The highest BCUT2D eigenvalue weighted by Gasteiger charge is 2.25. The summed E-state index contributed by atoms with van der Waals surface area (Å²) in [4.78, 5) is 0. The molecule has 3 N–H and O–H groups in total. The molecule has 0 aromatic rings. The third kappa shape index (κ3) is 3.89. The summed E-state index contributed by atoms with van der Waals surface area (Å²) in [5, 5.41) is 16.2. The van der Waals surface area contributed by atoms with Crippen LogP contribution in [0.15, 0.2) is 0 Å². The van der Waals surface area contributed by atoms with Crippen molar-refractivity contribution in [3.05, 3.63) is 0 Å². The molecule has 3 unspecified atom stereocenters. The molecule has 0 radical (unpaired) electrons. The number of hydrogen-bond acceptors (Lipinski definition) is 4. The molecular formula is C10H21ClN2O2. The van der Waals surface area contributed by atoms with Gasteiger partial charge in [0.1, 0.15) is 0 Å². The van der Waals surface area contributed by atoms with E-state index in [9.17, 15) is 5.11 Å². The van der Waals surface area contributed by atoms with E-state index in [1.54, 1.807) is 0 Å². The third-order valence-corrected chi connectivity index (χ3v) is 3.13. The Morgan fingerprint density at radius 3 is 2.87 bits per heavy atom. The van der Waals surface area contributed by atoms with Crippen molar-refractivity contribution in [2.24, 2.45) is 5.92 Å². The maximum absolute atomic E-state index is 9.58. The second kappa shape index (κ2) is 6.66. The predicted molar refractivity (Wildman–Crippen MR) is 61.5 cm³/mol. The zero-order valence-corrected chi connectivity index (χ0v) is 9.76. The summed E-state index contributed by atoms with van der Waals surface area (Å²) >= 11 is 0. The summed E-state index contributed by atoms with van der Waals surface area (Å²) < 4.78 is 5.38. The molecule has 0 amide bonds. The lowest BCUT2D eigenvalue weighted by Gasteiger charge is -2.25. The van der Waals surface area contributed by atoms with Crippen LogP contribution in [0, 0.1) is 5.92 Å². The van der Waals surface area contributed by atoms with Crippen LogP contribution >= 0.6 is 12.4 Å². The van der Waals surface area contributed by atoms with Crippen molar-refractivity contribution in [1.82, 2.24) is 10.6 Å². The number of β-amino-alcohol motifs (C(OH)–C–C–N with tert-alkyl or cyclic N) is 1. The van der Waals surface area contributed by atoms with E-state index in [4.69, 9.17) is 4.74 Å². The summed E-state index contributed by atoms with van der Waals surface area (Å²) in [6.07, 6.45) is 2.19. The van der Waals surface area contributed by atoms with Crippen molar-refractivity contribution < 1.29 is 9.84 Å². The van der Waals surface area contributed by atoms with Crippen LogP contribution in [-0.4, -0.2) is 50.1 Å². The molecule has 2 heterocycles. The van der Waals surface area contributed by atoms with E-state index in [-0.39, 0.29) is 18.5 Å². The summed E-state index contributed by atoms with van der Waals surface area (Å²) in [5.41, 5.74) is 0. The monoisotopic (exact) mass is 236 g/mol. The molecule has 2 aliphatic rings. The van der Waals surface area contributed by atoms with Gasteiger partial charge in [-0.3, -0.25) is 0 Å². The molecule has 2 rings (SSSR count). The highest BCUT2D eigenvalue weighted by Crippen LogP contribution is 2.10. The Morgan fingerprint density at radius 1 is 1.40 bits per heavy atom. The number of ether oxygens (including phenoxy) is 1. The lowest BCUT2D eigenvalue weighted by Crippen LogP contribution is -2.41. The Balaban J connectivity index is 0.00000112. The van der Waals surface area contributed by atoms with E-state index in [0.717, 1.165) is 39.3 Å². The number of halogens is 1. The minimum Gasteiger partial charge on any atom is -0.391 e. The molecule has 4 nitrogen and oxygen atoms in total. The Bertz CT molecular complexity index is 177. The fourth-order valence-electron chi connectivity index (χ4n) is 2.15. The molecule has 2 aliphatic heterocycles. The first-order chi connectivity index (χ1) is 6.86. The molecule has 0 aromatic carbocycles. The standard InChI is InChI=1S/C10H20N2O2.ClH/c13-10-6-11-4-8(10)5-12-9-2-1-3-14-7-9;/h8-13H,1-7H2;1H. The van der Waals surface area contributed by atoms with Gasteiger partial charge in [0.25, 0.3) is 0 Å². The molecular weight excluding hydrogens is 216 g/mol. The number of rotatable bonds is 3. The SMILES string of the molecule is Cl.OC1CNCC1CNC1CCCOC1. The third-order valence-electron chi connectivity index (χ3n) is 3.13. The number of nitrogens with one attached hydrogen (secondary N) is 2. The smallest absolute Gasteiger partial charge is 0.0716 e. The molecule has 90 valence electrons. The topological polar surface area (TPSA) is 53.5 Å². The van der Waals surface area contributed by atoms with Gasteiger partial charge in [0.05, 0.1) is 12.7 Å². The van der Waals surface area contributed by atoms with E-state index in [2.05, 4.69) is 10.6 Å². The van der Waals surface area contributed by atoms with E-state index in [1.165, 1.54) is 6.42 Å². The van der Waals surface area contributed by atoms with Gasteiger partial charge in [0, 0.05) is 38.2 Å². The van der Waals surface area contributed by atoms with Gasteiger partial charge in [-0.25, -0.2) is 0 Å². The number of aliphatic hydroxyl groups is 1. The zero-order valence-electron chi connectivity index (χ0n) is 8.95. The molecule has 0 aromatic heterocycles. The van der Waals surface area contributed by atoms with Crippen molar-refractivity contribution in [2.45, 2.75) is 25.0 Å². The van der Waals surface area contributed by atoms with Gasteiger partial charge in [0.2, 0.25) is 0 Å². The molecule has 0 bridgehead atoms. The van der Waals surface area contributed by atoms with Crippen LogP contribution in [0.5, 0.6) is 0 Å². The maximum Gasteiger partial charge on any atom is 0.0716 e. The Hall–Kier alpha value is 0.130. The average molecular weight is 237 g/mol. The second-order valence-electron chi connectivity index (χ2n) is 4.31. The lowest BCUT2D eigenvalue weighted by atomic mass is 10.0. The molecule has 0 spiro atoms. The van der Waals surface area contributed by atoms with Gasteiger partial charge in [0.15, 0.2) is 0 Å². The lowest BCUT2D eigenvalue weighted by molar-refractivity contribution is 0.0656. The predicted octanol–water partition coefficient (Wildman–Crippen LogP) is -0.243. The van der Waals surface area contributed by atoms with E-state index in [0.29, 0.717) is 12.0 Å². The van der Waals surface area contributed by atoms with E-state index in [1.807, 2.05) is 0 Å². The molecule has 5 heteroatoms. The largest absolute Gasteiger partial charge is 0.391 e. The van der Waals surface area contributed by atoms with Crippen LogP contribution < -0.4 is 10.6 Å². The highest BCUT2D eigenvalue weighted by atomic mass is 35.5. The molecule has 0 aliphatic carbocycles. The van der Waals surface area contributed by atoms with Crippen molar-refractivity contribution in [3.8, 4) is 0 Å². The Kier molecular flexibility index (Phi) is 5.86. The molecule has 2 saturated heterocycles. The Labute approximate surface area is 97.2 Å². The fourth-order valence-corrected chi connectivity index (χ4v) is 2.15. The highest BCUT2D eigenvalue weighted by molar-refractivity contribution is 5.85. The Morgan fingerprint density at radius 2 is 2.27 bits per heavy atom. The van der Waals surface area contributed by atoms with Crippen molar-refractivity contribution in [1.29, 1.82) is 0 Å². The molecule has 2 fully saturated rings. The van der Waals surface area contributed by atoms with Crippen molar-refractivity contribution >= 4 is 12.4 Å². The zero-order chi connectivity index (χ0) is 9.80. The normalized spacial score (nSPS) is 36.2. The second-order valence-corrected chi connectivity index (χ2v) is 4.31. The van der Waals surface area contributed by atoms with Gasteiger partial charge < -0.3 is 20.5 Å². The molecule has 15 heavy (non-hydrogen) atoms. The van der Waals surface area contributed by atoms with Crippen LogP contribution in [0.2, 0.25) is 0 Å². The summed E-state index contributed by atoms with van der Waals surface area (Å²) in [6, 6.07) is 0.497. The summed E-state index contributed by atoms with van der Waals surface area (Å²) in [5.74, 6) is 0.372. The minimum absolute atomic E-state index is 0. The van der Waals surface area contributed by atoms with Crippen molar-refractivity contribution in [2.75, 3.05) is 32.8 Å². The number of hydrogen-bond donors (Lipinski definition) is 3. The van der Waals surface area contributed by atoms with Crippen LogP contribution in [0.4, 0.5) is 0 Å². The molecule has 0 saturated carbocycles. The number of aliphatic hydroxyl groups excluding tert-OH is 1. The quantitative estimate of drug-likeness (QED) is 0.633. The van der Waals surface area contributed by atoms with E-state index >= 15 is 0 Å². The first-order valence-electron chi connectivity index (χ1n) is 5.56. The maximum atomic E-state index is 9.58. The van der Waals surface area contributed by atoms with Gasteiger partial charge >= 0.3 is 0 Å². The first-order valence-corrected chi connectivity index (χ1v) is 5.56. The average Bonchev–Trinajstić information content (AvgIpc) is 2.63. The van der Waals surface area contributed by atoms with Gasteiger partial charge in [-0.05, 0) is 12.8 Å². The van der Waals surface area contributed by atoms with Crippen LogP contribution in [0.1, 0.15) is 12.8 Å². The first kappa shape index (κ1) is 13.2. The summed E-state index contributed by atoms with van der Waals surface area (Å²) in [6.45, 7) is 4.32. The fraction of sp³-hybridized carbons (Fsp3) is 1.00. The minimum atomic E-state index is -0.174. The molecule has 3 atom stereocenters. The van der Waals surface area contributed by atoms with Gasteiger partial charge in [-0.2, -0.15) is 0 Å². The summed E-state index contributed by atoms with van der Waals surface area (Å²) in [7, 11) is 0. The van der Waals surface area contributed by atoms with Crippen LogP contribution in [0.3, 0.4) is 0 Å². The van der Waals surface area contributed by atoms with Crippen molar-refractivity contribution in [3.63, 3.8) is 0 Å². The van der Waals surface area contributed by atoms with Crippen LogP contribution in [0.25, 0.3) is 0 Å². The van der Waals surface area contributed by atoms with Crippen LogP contribution in [-0.2, 0) is 4.74 Å². The van der Waals surface area contributed by atoms with Gasteiger partial charge in [-0.15, -0.1) is 12.4 Å².